The van der Waals surface area contributed by atoms with Crippen molar-refractivity contribution in [3.63, 3.8) is 0 Å². The Kier molecular flexibility index (Phi) is 14.1. The van der Waals surface area contributed by atoms with Gasteiger partial charge in [-0.15, -0.1) is 0 Å². The number of unbranched alkanes of at least 4 members (excludes halogenated alkanes) is 10. The van der Waals surface area contributed by atoms with Crippen molar-refractivity contribution in [2.24, 2.45) is 5.92 Å². The summed E-state index contributed by atoms with van der Waals surface area (Å²) in [7, 11) is 0. The van der Waals surface area contributed by atoms with Crippen LogP contribution < -0.4 is 0 Å². The fourth-order valence-electron chi connectivity index (χ4n) is 3.80. The van der Waals surface area contributed by atoms with Gasteiger partial charge in [-0.05, 0) is 31.2 Å². The van der Waals surface area contributed by atoms with Crippen molar-refractivity contribution in [3.05, 3.63) is 42.3 Å². The molecule has 0 spiro atoms. The average molecular weight is 372 g/mol. The number of hydrogen-bond donors (Lipinski definition) is 0. The molecule has 0 aliphatic carbocycles. The highest BCUT2D eigenvalue weighted by atomic mass is 16.1. The minimum Gasteiger partial charge on any atom is -0.294 e. The largest absolute Gasteiger partial charge is 0.294 e. The Hall–Kier alpha value is -1.11. The van der Waals surface area contributed by atoms with Crippen molar-refractivity contribution in [2.45, 2.75) is 110 Å². The van der Waals surface area contributed by atoms with Crippen LogP contribution in [-0.2, 0) is 6.42 Å². The molecule has 1 heteroatoms. The second-order valence-corrected chi connectivity index (χ2v) is 8.09. The molecule has 0 N–H and O–H groups in total. The van der Waals surface area contributed by atoms with Crippen LogP contribution in [0.5, 0.6) is 0 Å². The summed E-state index contributed by atoms with van der Waals surface area (Å²) in [5, 5.41) is 0. The van der Waals surface area contributed by atoms with Gasteiger partial charge < -0.3 is 0 Å². The Morgan fingerprint density at radius 2 is 1.37 bits per heavy atom. The summed E-state index contributed by atoms with van der Waals surface area (Å²) >= 11 is 0. The van der Waals surface area contributed by atoms with Gasteiger partial charge in [0.25, 0.3) is 0 Å². The maximum absolute atomic E-state index is 12.6. The minimum absolute atomic E-state index is 0.166. The molecule has 0 aliphatic rings. The topological polar surface area (TPSA) is 17.1 Å². The molecule has 0 saturated carbocycles. The summed E-state index contributed by atoms with van der Waals surface area (Å²) in [6, 6.07) is 8.41. The standard InChI is InChI=1S/C26H43O/c1-4-7-9-10-11-12-13-14-15-16-17-23-19-21-25(22-20-23)26(27)24(6-3)18-8-5-2/h19-22,24H,2,4-18H2,1,3H3. The fraction of sp³-hybridized carbons (Fsp3) is 0.692. The van der Waals surface area contributed by atoms with E-state index in [-0.39, 0.29) is 5.92 Å². The van der Waals surface area contributed by atoms with Crippen LogP contribution in [0.15, 0.2) is 24.3 Å². The summed E-state index contributed by atoms with van der Waals surface area (Å²) in [6.45, 7) is 8.28. The molecule has 27 heavy (non-hydrogen) atoms. The van der Waals surface area contributed by atoms with E-state index in [0.29, 0.717) is 5.78 Å². The molecule has 0 fully saturated rings. The zero-order valence-electron chi connectivity index (χ0n) is 18.1. The predicted octanol–water partition coefficient (Wildman–Crippen LogP) is 8.36. The van der Waals surface area contributed by atoms with Crippen molar-refractivity contribution >= 4 is 5.78 Å². The summed E-state index contributed by atoms with van der Waals surface area (Å²) in [5.74, 6) is 0.482. The van der Waals surface area contributed by atoms with Crippen LogP contribution in [0.3, 0.4) is 0 Å². The molecule has 1 radical (unpaired) electrons. The van der Waals surface area contributed by atoms with E-state index >= 15 is 0 Å². The van der Waals surface area contributed by atoms with E-state index in [9.17, 15) is 4.79 Å². The van der Waals surface area contributed by atoms with Gasteiger partial charge >= 0.3 is 0 Å². The van der Waals surface area contributed by atoms with Crippen LogP contribution in [0.2, 0.25) is 0 Å². The van der Waals surface area contributed by atoms with E-state index in [1.54, 1.807) is 0 Å². The molecular weight excluding hydrogens is 328 g/mol. The normalized spacial score (nSPS) is 12.3. The first kappa shape index (κ1) is 23.9. The SMILES string of the molecule is [CH2]CCCC(CC)C(=O)c1ccc(CCCCCCCCCCCC)cc1. The smallest absolute Gasteiger partial charge is 0.165 e. The Morgan fingerprint density at radius 1 is 0.815 bits per heavy atom. The first-order chi connectivity index (χ1) is 13.2. The molecule has 1 aromatic rings. The van der Waals surface area contributed by atoms with E-state index in [2.05, 4.69) is 32.9 Å². The van der Waals surface area contributed by atoms with Crippen molar-refractivity contribution < 1.29 is 4.79 Å². The van der Waals surface area contributed by atoms with Crippen molar-refractivity contribution in [1.82, 2.24) is 0 Å². The second-order valence-electron chi connectivity index (χ2n) is 8.09. The second kappa shape index (κ2) is 15.9. The molecule has 0 amide bonds. The maximum Gasteiger partial charge on any atom is 0.165 e. The molecule has 0 heterocycles. The molecule has 1 atom stereocenters. The van der Waals surface area contributed by atoms with E-state index in [1.807, 2.05) is 12.1 Å². The van der Waals surface area contributed by atoms with Crippen LogP contribution in [0, 0.1) is 12.8 Å². The first-order valence-corrected chi connectivity index (χ1v) is 11.6. The molecule has 1 rings (SSSR count). The minimum atomic E-state index is 0.166. The van der Waals surface area contributed by atoms with Gasteiger partial charge in [0, 0.05) is 11.5 Å². The third-order valence-corrected chi connectivity index (χ3v) is 5.72. The van der Waals surface area contributed by atoms with E-state index in [1.165, 1.54) is 69.8 Å². The van der Waals surface area contributed by atoms with Crippen LogP contribution >= 0.6 is 0 Å². The van der Waals surface area contributed by atoms with E-state index < -0.39 is 0 Å². The number of ketones is 1. The molecule has 0 bridgehead atoms. The van der Waals surface area contributed by atoms with Crippen molar-refractivity contribution in [2.75, 3.05) is 0 Å². The van der Waals surface area contributed by atoms with Gasteiger partial charge in [-0.3, -0.25) is 4.79 Å². The summed E-state index contributed by atoms with van der Waals surface area (Å²) in [6.07, 6.45) is 18.8. The summed E-state index contributed by atoms with van der Waals surface area (Å²) < 4.78 is 0. The fourth-order valence-corrected chi connectivity index (χ4v) is 3.80. The van der Waals surface area contributed by atoms with E-state index in [4.69, 9.17) is 0 Å². The van der Waals surface area contributed by atoms with Crippen molar-refractivity contribution in [3.8, 4) is 0 Å². The van der Waals surface area contributed by atoms with Gasteiger partial charge in [0.1, 0.15) is 0 Å². The molecule has 153 valence electrons. The van der Waals surface area contributed by atoms with Crippen LogP contribution in [0.4, 0.5) is 0 Å². The highest BCUT2D eigenvalue weighted by molar-refractivity contribution is 5.97. The Bertz CT molecular complexity index is 473. The molecule has 0 aromatic heterocycles. The summed E-state index contributed by atoms with van der Waals surface area (Å²) in [5.41, 5.74) is 2.26. The molecule has 0 saturated heterocycles. The van der Waals surface area contributed by atoms with Gasteiger partial charge in [0.05, 0.1) is 0 Å². The number of carbonyl (C=O) groups is 1. The lowest BCUT2D eigenvalue weighted by Crippen LogP contribution is -2.14. The van der Waals surface area contributed by atoms with Crippen LogP contribution in [0.1, 0.15) is 120 Å². The number of Topliss-reactive ketones (excluding diaryl/α,β-unsaturated/α-hetero) is 1. The maximum atomic E-state index is 12.6. The highest BCUT2D eigenvalue weighted by Gasteiger charge is 2.17. The number of carbonyl (C=O) groups excluding carboxylic acids is 1. The van der Waals surface area contributed by atoms with Gasteiger partial charge in [-0.2, -0.15) is 0 Å². The summed E-state index contributed by atoms with van der Waals surface area (Å²) in [4.78, 5) is 12.6. The Balaban J connectivity index is 2.20. The van der Waals surface area contributed by atoms with E-state index in [0.717, 1.165) is 37.7 Å². The van der Waals surface area contributed by atoms with Crippen LogP contribution in [-0.4, -0.2) is 5.78 Å². The lowest BCUT2D eigenvalue weighted by molar-refractivity contribution is 0.0908. The Morgan fingerprint density at radius 3 is 1.89 bits per heavy atom. The Labute approximate surface area is 169 Å². The van der Waals surface area contributed by atoms with Crippen LogP contribution in [0.25, 0.3) is 0 Å². The number of rotatable bonds is 17. The highest BCUT2D eigenvalue weighted by Crippen LogP contribution is 2.20. The number of aryl methyl sites for hydroxylation is 1. The van der Waals surface area contributed by atoms with Crippen molar-refractivity contribution in [1.29, 1.82) is 0 Å². The molecule has 1 unspecified atom stereocenters. The lowest BCUT2D eigenvalue weighted by Gasteiger charge is -2.13. The van der Waals surface area contributed by atoms with Gasteiger partial charge in [-0.1, -0.05) is 116 Å². The third kappa shape index (κ3) is 10.7. The molecular formula is C26H43O. The van der Waals surface area contributed by atoms with Gasteiger partial charge in [-0.25, -0.2) is 0 Å². The molecule has 1 aromatic carbocycles. The van der Waals surface area contributed by atoms with Gasteiger partial charge in [0.2, 0.25) is 0 Å². The quantitative estimate of drug-likeness (QED) is 0.198. The third-order valence-electron chi connectivity index (χ3n) is 5.72. The number of hydrogen-bond acceptors (Lipinski definition) is 1. The lowest BCUT2D eigenvalue weighted by atomic mass is 9.90. The zero-order chi connectivity index (χ0) is 19.7. The van der Waals surface area contributed by atoms with Gasteiger partial charge in [0.15, 0.2) is 5.78 Å². The average Bonchev–Trinajstić information content (AvgIpc) is 2.70. The first-order valence-electron chi connectivity index (χ1n) is 11.6. The zero-order valence-corrected chi connectivity index (χ0v) is 18.1. The molecule has 0 aliphatic heterocycles. The molecule has 1 nitrogen and oxygen atoms in total. The number of benzene rings is 1. The monoisotopic (exact) mass is 371 g/mol. The predicted molar refractivity (Wildman–Crippen MR) is 119 cm³/mol.